The van der Waals surface area contributed by atoms with Gasteiger partial charge in [-0.25, -0.2) is 0 Å². The number of ether oxygens (including phenoxy) is 1. The lowest BCUT2D eigenvalue weighted by molar-refractivity contribution is 0.483. The Kier molecular flexibility index (Phi) is 3.99. The summed E-state index contributed by atoms with van der Waals surface area (Å²) in [6.07, 6.45) is 1.93. The molecule has 5 rings (SSSR count). The summed E-state index contributed by atoms with van der Waals surface area (Å²) in [6, 6.07) is 23.4. The van der Waals surface area contributed by atoms with Gasteiger partial charge in [-0.1, -0.05) is 30.3 Å². The third-order valence-electron chi connectivity index (χ3n) is 4.91. The normalized spacial score (nSPS) is 11.2. The number of nitrogens with zero attached hydrogens (tertiary/aromatic N) is 1. The van der Waals surface area contributed by atoms with E-state index >= 15 is 0 Å². The van der Waals surface area contributed by atoms with Crippen LogP contribution in [0.3, 0.4) is 0 Å². The van der Waals surface area contributed by atoms with Crippen molar-refractivity contribution in [2.24, 2.45) is 0 Å². The molecule has 3 heterocycles. The van der Waals surface area contributed by atoms with E-state index in [-0.39, 0.29) is 5.56 Å². The molecule has 0 saturated heterocycles. The van der Waals surface area contributed by atoms with E-state index in [1.807, 2.05) is 79.9 Å². The molecule has 0 amide bonds. The maximum Gasteiger partial charge on any atom is 0.263 e. The van der Waals surface area contributed by atoms with Crippen LogP contribution in [0.5, 0.6) is 11.5 Å². The van der Waals surface area contributed by atoms with Crippen LogP contribution >= 0.6 is 11.3 Å². The average Bonchev–Trinajstić information content (AvgIpc) is 3.22. The van der Waals surface area contributed by atoms with Gasteiger partial charge in [-0.2, -0.15) is 0 Å². The molecule has 0 saturated carbocycles. The Labute approximate surface area is 166 Å². The summed E-state index contributed by atoms with van der Waals surface area (Å²) < 4.78 is 8.75. The van der Waals surface area contributed by atoms with Crippen LogP contribution in [0.15, 0.2) is 89.2 Å². The highest BCUT2D eigenvalue weighted by atomic mass is 32.1. The van der Waals surface area contributed by atoms with Gasteiger partial charge in [0.05, 0.1) is 10.2 Å². The molecule has 0 N–H and O–H groups in total. The quantitative estimate of drug-likeness (QED) is 0.367. The van der Waals surface area contributed by atoms with E-state index in [1.54, 1.807) is 15.7 Å². The van der Waals surface area contributed by atoms with Crippen LogP contribution in [-0.4, -0.2) is 4.40 Å². The Bertz CT molecular complexity index is 1350. The maximum atomic E-state index is 13.2. The summed E-state index contributed by atoms with van der Waals surface area (Å²) in [7, 11) is 0. The molecule has 0 spiro atoms. The monoisotopic (exact) mass is 383 g/mol. The lowest BCUT2D eigenvalue weighted by Gasteiger charge is -2.09. The second kappa shape index (κ2) is 6.66. The Morgan fingerprint density at radius 1 is 0.857 bits per heavy atom. The molecule has 28 heavy (non-hydrogen) atoms. The number of fused-ring (bicyclic) bond motifs is 3. The molecule has 5 aromatic rings. The molecule has 4 heteroatoms. The predicted molar refractivity (Wildman–Crippen MR) is 116 cm³/mol. The van der Waals surface area contributed by atoms with Crippen molar-refractivity contribution < 1.29 is 4.74 Å². The van der Waals surface area contributed by atoms with Gasteiger partial charge in [0.2, 0.25) is 0 Å². The zero-order valence-electron chi connectivity index (χ0n) is 15.3. The minimum atomic E-state index is -0.00683. The molecule has 0 aliphatic heterocycles. The van der Waals surface area contributed by atoms with E-state index in [1.165, 1.54) is 5.39 Å². The van der Waals surface area contributed by atoms with Gasteiger partial charge in [0, 0.05) is 11.8 Å². The van der Waals surface area contributed by atoms with Crippen molar-refractivity contribution in [1.29, 1.82) is 0 Å². The number of aromatic nitrogens is 1. The molecule has 2 aromatic carbocycles. The fourth-order valence-electron chi connectivity index (χ4n) is 3.49. The van der Waals surface area contributed by atoms with E-state index in [0.717, 1.165) is 32.8 Å². The Balaban J connectivity index is 1.56. The first-order valence-corrected chi connectivity index (χ1v) is 9.94. The van der Waals surface area contributed by atoms with E-state index < -0.39 is 0 Å². The molecular formula is C24H17NO2S. The summed E-state index contributed by atoms with van der Waals surface area (Å²) >= 11 is 1.67. The first-order valence-electron chi connectivity index (χ1n) is 9.06. The predicted octanol–water partition coefficient (Wildman–Crippen LogP) is 6.28. The Morgan fingerprint density at radius 2 is 1.61 bits per heavy atom. The topological polar surface area (TPSA) is 30.7 Å². The first-order chi connectivity index (χ1) is 13.7. The summed E-state index contributed by atoms with van der Waals surface area (Å²) in [5, 5.41) is 3.28. The van der Waals surface area contributed by atoms with Crippen molar-refractivity contribution in [3.05, 3.63) is 100 Å². The van der Waals surface area contributed by atoms with Crippen molar-refractivity contribution in [3.8, 4) is 22.6 Å². The van der Waals surface area contributed by atoms with Crippen molar-refractivity contribution >= 4 is 26.9 Å². The van der Waals surface area contributed by atoms with Crippen LogP contribution < -0.4 is 10.3 Å². The number of rotatable bonds is 3. The van der Waals surface area contributed by atoms with Crippen molar-refractivity contribution in [2.75, 3.05) is 0 Å². The second-order valence-corrected chi connectivity index (χ2v) is 7.64. The van der Waals surface area contributed by atoms with Crippen LogP contribution in [0, 0.1) is 6.92 Å². The number of pyridine rings is 2. The SMILES string of the molecule is Cc1cn2c(=O)c(-c3ccc(Oc4ccccc4)cc3)ccc2c2sccc12. The molecule has 0 bridgehead atoms. The van der Waals surface area contributed by atoms with Crippen LogP contribution in [0.2, 0.25) is 0 Å². The zero-order valence-corrected chi connectivity index (χ0v) is 16.1. The number of benzene rings is 2. The number of para-hydroxylation sites is 1. The molecule has 0 aliphatic carbocycles. The third-order valence-corrected chi connectivity index (χ3v) is 5.84. The van der Waals surface area contributed by atoms with Gasteiger partial charge < -0.3 is 4.74 Å². The van der Waals surface area contributed by atoms with E-state index in [4.69, 9.17) is 4.74 Å². The molecule has 0 aliphatic rings. The fraction of sp³-hybridized carbons (Fsp3) is 0.0417. The number of aryl methyl sites for hydroxylation is 1. The Morgan fingerprint density at radius 3 is 2.39 bits per heavy atom. The fourth-order valence-corrected chi connectivity index (χ4v) is 4.48. The van der Waals surface area contributed by atoms with Crippen LogP contribution in [-0.2, 0) is 0 Å². The molecule has 0 radical (unpaired) electrons. The minimum Gasteiger partial charge on any atom is -0.457 e. The number of thiophene rings is 1. The van der Waals surface area contributed by atoms with Gasteiger partial charge in [0.25, 0.3) is 5.56 Å². The van der Waals surface area contributed by atoms with Gasteiger partial charge in [-0.3, -0.25) is 9.20 Å². The van der Waals surface area contributed by atoms with Crippen molar-refractivity contribution in [1.82, 2.24) is 4.40 Å². The largest absolute Gasteiger partial charge is 0.457 e. The average molecular weight is 383 g/mol. The van der Waals surface area contributed by atoms with Gasteiger partial charge in [0.1, 0.15) is 11.5 Å². The summed E-state index contributed by atoms with van der Waals surface area (Å²) in [4.78, 5) is 13.2. The van der Waals surface area contributed by atoms with Gasteiger partial charge in [0.15, 0.2) is 0 Å². The third kappa shape index (κ3) is 2.79. The number of hydrogen-bond acceptors (Lipinski definition) is 3. The Hall–Kier alpha value is -3.37. The lowest BCUT2D eigenvalue weighted by Crippen LogP contribution is -2.15. The van der Waals surface area contributed by atoms with Crippen LogP contribution in [0.25, 0.3) is 26.7 Å². The van der Waals surface area contributed by atoms with Gasteiger partial charge in [-0.15, -0.1) is 11.3 Å². The molecule has 3 nitrogen and oxygen atoms in total. The number of hydrogen-bond donors (Lipinski definition) is 0. The minimum absolute atomic E-state index is 0.00683. The van der Waals surface area contributed by atoms with Gasteiger partial charge >= 0.3 is 0 Å². The summed E-state index contributed by atoms with van der Waals surface area (Å²) in [5.74, 6) is 1.53. The summed E-state index contributed by atoms with van der Waals surface area (Å²) in [6.45, 7) is 2.04. The molecule has 0 unspecified atom stereocenters. The molecule has 0 atom stereocenters. The first kappa shape index (κ1) is 16.8. The molecular weight excluding hydrogens is 366 g/mol. The van der Waals surface area contributed by atoms with E-state index in [0.29, 0.717) is 5.56 Å². The van der Waals surface area contributed by atoms with Crippen molar-refractivity contribution in [2.45, 2.75) is 6.92 Å². The lowest BCUT2D eigenvalue weighted by atomic mass is 10.1. The van der Waals surface area contributed by atoms with Gasteiger partial charge in [-0.05, 0) is 71.3 Å². The zero-order chi connectivity index (χ0) is 19.1. The molecule has 0 fully saturated rings. The van der Waals surface area contributed by atoms with Crippen molar-refractivity contribution in [3.63, 3.8) is 0 Å². The van der Waals surface area contributed by atoms with E-state index in [2.05, 4.69) is 11.4 Å². The molecule has 3 aromatic heterocycles. The van der Waals surface area contributed by atoms with Crippen LogP contribution in [0.4, 0.5) is 0 Å². The van der Waals surface area contributed by atoms with Crippen LogP contribution in [0.1, 0.15) is 5.56 Å². The summed E-state index contributed by atoms with van der Waals surface area (Å²) in [5.41, 5.74) is 3.61. The highest BCUT2D eigenvalue weighted by Crippen LogP contribution is 2.29. The smallest absolute Gasteiger partial charge is 0.263 e. The molecule has 136 valence electrons. The highest BCUT2D eigenvalue weighted by molar-refractivity contribution is 7.18. The van der Waals surface area contributed by atoms with E-state index in [9.17, 15) is 4.79 Å². The standard InChI is InChI=1S/C24H17NO2S/c1-16-15-25-22(23-20(16)13-14-28-23)12-11-21(24(25)26)17-7-9-19(10-8-17)27-18-5-3-2-4-6-18/h2-15H,1H3. The second-order valence-electron chi connectivity index (χ2n) is 6.72. The highest BCUT2D eigenvalue weighted by Gasteiger charge is 2.11. The maximum absolute atomic E-state index is 13.2.